The number of nitrogens with zero attached hydrogens (tertiary/aromatic N) is 3. The molecule has 0 N–H and O–H groups in total. The Bertz CT molecular complexity index is 303. The summed E-state index contributed by atoms with van der Waals surface area (Å²) >= 11 is 0. The van der Waals surface area contributed by atoms with Crippen molar-refractivity contribution < 1.29 is 4.43 Å². The van der Waals surface area contributed by atoms with Gasteiger partial charge in [-0.3, -0.25) is 0 Å². The number of hydrogen-bond donors (Lipinski definition) is 0. The first-order chi connectivity index (χ1) is 11.6. The molecule has 0 aromatic rings. The first-order valence-corrected chi connectivity index (χ1v) is 13.4. The van der Waals surface area contributed by atoms with Crippen molar-refractivity contribution in [3.05, 3.63) is 0 Å². The van der Waals surface area contributed by atoms with E-state index in [1.807, 2.05) is 7.11 Å². The summed E-state index contributed by atoms with van der Waals surface area (Å²) in [6, 6.07) is 1.21. The van der Waals surface area contributed by atoms with Gasteiger partial charge in [-0.2, -0.15) is 0 Å². The van der Waals surface area contributed by atoms with Crippen LogP contribution < -0.4 is 0 Å². The summed E-state index contributed by atoms with van der Waals surface area (Å²) in [6.45, 7) is 18.6. The standard InChI is InChI=1S/C20H47N3OSi/c1-10-13-21(4)16-20(17-22(5)14-11-2,18-23(6)15-12-3)19-25(8,9)24-7/h10-19H2,1-9H3. The second-order valence-electron chi connectivity index (χ2n) is 8.85. The first-order valence-electron chi connectivity index (χ1n) is 10.2. The predicted molar refractivity (Wildman–Crippen MR) is 115 cm³/mol. The van der Waals surface area contributed by atoms with Crippen LogP contribution >= 0.6 is 0 Å². The first kappa shape index (κ1) is 25.1. The van der Waals surface area contributed by atoms with Gasteiger partial charge < -0.3 is 19.1 Å². The van der Waals surface area contributed by atoms with Crippen LogP contribution in [0.1, 0.15) is 40.0 Å². The molecular weight excluding hydrogens is 326 g/mol. The van der Waals surface area contributed by atoms with Crippen molar-refractivity contribution in [3.63, 3.8) is 0 Å². The molecule has 0 saturated heterocycles. The normalized spacial score (nSPS) is 13.4. The third kappa shape index (κ3) is 10.7. The molecule has 0 amide bonds. The smallest absolute Gasteiger partial charge is 0.186 e. The zero-order valence-corrected chi connectivity index (χ0v) is 19.8. The minimum absolute atomic E-state index is 0.267. The summed E-state index contributed by atoms with van der Waals surface area (Å²) in [5.41, 5.74) is 0.267. The van der Waals surface area contributed by atoms with Gasteiger partial charge >= 0.3 is 0 Å². The van der Waals surface area contributed by atoms with Crippen molar-refractivity contribution in [2.75, 3.05) is 67.5 Å². The highest BCUT2D eigenvalue weighted by atomic mass is 28.4. The molecule has 4 nitrogen and oxygen atoms in total. The van der Waals surface area contributed by atoms with Gasteiger partial charge in [-0.25, -0.2) is 0 Å². The minimum Gasteiger partial charge on any atom is -0.420 e. The molecule has 0 aliphatic rings. The average Bonchev–Trinajstić information content (AvgIpc) is 2.46. The Morgan fingerprint density at radius 3 is 1.28 bits per heavy atom. The van der Waals surface area contributed by atoms with Crippen molar-refractivity contribution in [2.45, 2.75) is 59.2 Å². The molecule has 0 aromatic carbocycles. The van der Waals surface area contributed by atoms with E-state index in [0.717, 1.165) is 19.6 Å². The fraction of sp³-hybridized carbons (Fsp3) is 1.00. The number of rotatable bonds is 15. The molecule has 0 heterocycles. The lowest BCUT2D eigenvalue weighted by atomic mass is 9.87. The largest absolute Gasteiger partial charge is 0.420 e. The molecule has 0 bridgehead atoms. The Hall–Kier alpha value is 0.0569. The summed E-state index contributed by atoms with van der Waals surface area (Å²) in [4.78, 5) is 7.62. The summed E-state index contributed by atoms with van der Waals surface area (Å²) < 4.78 is 6.00. The second-order valence-corrected chi connectivity index (χ2v) is 13.1. The van der Waals surface area contributed by atoms with Crippen molar-refractivity contribution in [1.82, 2.24) is 14.7 Å². The van der Waals surface area contributed by atoms with Crippen LogP contribution in [0.15, 0.2) is 0 Å². The van der Waals surface area contributed by atoms with Gasteiger partial charge in [-0.15, -0.1) is 0 Å². The van der Waals surface area contributed by atoms with Crippen LogP contribution in [0.2, 0.25) is 19.1 Å². The van der Waals surface area contributed by atoms with E-state index in [1.165, 1.54) is 44.9 Å². The molecule has 0 unspecified atom stereocenters. The topological polar surface area (TPSA) is 19.0 Å². The molecule has 152 valence electrons. The van der Waals surface area contributed by atoms with Crippen molar-refractivity contribution in [1.29, 1.82) is 0 Å². The van der Waals surface area contributed by atoms with Gasteiger partial charge in [0.25, 0.3) is 0 Å². The monoisotopic (exact) mass is 373 g/mol. The van der Waals surface area contributed by atoms with E-state index in [4.69, 9.17) is 4.43 Å². The molecule has 0 saturated carbocycles. The molecule has 0 radical (unpaired) electrons. The van der Waals surface area contributed by atoms with Gasteiger partial charge in [0.2, 0.25) is 0 Å². The Balaban J connectivity index is 5.55. The highest BCUT2D eigenvalue weighted by Crippen LogP contribution is 2.33. The third-order valence-electron chi connectivity index (χ3n) is 4.99. The van der Waals surface area contributed by atoms with Crippen LogP contribution in [-0.2, 0) is 4.43 Å². The van der Waals surface area contributed by atoms with Gasteiger partial charge in [-0.05, 0) is 79.2 Å². The van der Waals surface area contributed by atoms with Crippen molar-refractivity contribution >= 4 is 8.32 Å². The quantitative estimate of drug-likeness (QED) is 0.406. The Labute approximate surface area is 160 Å². The molecule has 0 aromatic heterocycles. The molecule has 0 aliphatic carbocycles. The van der Waals surface area contributed by atoms with Crippen LogP contribution in [0.25, 0.3) is 0 Å². The van der Waals surface area contributed by atoms with Crippen LogP contribution in [0.3, 0.4) is 0 Å². The van der Waals surface area contributed by atoms with Gasteiger partial charge in [0, 0.05) is 32.2 Å². The molecule has 0 rings (SSSR count). The summed E-state index contributed by atoms with van der Waals surface area (Å²) in [7, 11) is 7.13. The maximum absolute atomic E-state index is 6.00. The van der Waals surface area contributed by atoms with Crippen molar-refractivity contribution in [3.8, 4) is 0 Å². The Kier molecular flexibility index (Phi) is 12.5. The molecule has 0 aliphatic heterocycles. The van der Waals surface area contributed by atoms with E-state index < -0.39 is 8.32 Å². The fourth-order valence-corrected chi connectivity index (χ4v) is 6.68. The predicted octanol–water partition coefficient (Wildman–Crippen LogP) is 3.85. The summed E-state index contributed by atoms with van der Waals surface area (Å²) in [5.74, 6) is 0. The lowest BCUT2D eigenvalue weighted by Gasteiger charge is -2.45. The maximum atomic E-state index is 6.00. The maximum Gasteiger partial charge on any atom is 0.186 e. The summed E-state index contributed by atoms with van der Waals surface area (Å²) in [6.07, 6.45) is 3.65. The Morgan fingerprint density at radius 1 is 0.720 bits per heavy atom. The van der Waals surface area contributed by atoms with E-state index in [2.05, 4.69) is 69.7 Å². The van der Waals surface area contributed by atoms with Crippen LogP contribution in [0.4, 0.5) is 0 Å². The van der Waals surface area contributed by atoms with Gasteiger partial charge in [0.05, 0.1) is 0 Å². The molecule has 5 heteroatoms. The van der Waals surface area contributed by atoms with E-state index in [1.54, 1.807) is 0 Å². The van der Waals surface area contributed by atoms with Crippen LogP contribution in [-0.4, -0.2) is 90.5 Å². The average molecular weight is 374 g/mol. The van der Waals surface area contributed by atoms with Crippen molar-refractivity contribution in [2.24, 2.45) is 5.41 Å². The number of hydrogen-bond acceptors (Lipinski definition) is 4. The zero-order valence-electron chi connectivity index (χ0n) is 18.8. The van der Waals surface area contributed by atoms with E-state index >= 15 is 0 Å². The highest BCUT2D eigenvalue weighted by molar-refractivity contribution is 6.71. The van der Waals surface area contributed by atoms with Gasteiger partial charge in [0.15, 0.2) is 8.32 Å². The van der Waals surface area contributed by atoms with Crippen LogP contribution in [0, 0.1) is 5.41 Å². The van der Waals surface area contributed by atoms with E-state index in [-0.39, 0.29) is 5.41 Å². The lowest BCUT2D eigenvalue weighted by molar-refractivity contribution is 0.0896. The molecule has 0 atom stereocenters. The highest BCUT2D eigenvalue weighted by Gasteiger charge is 2.40. The second kappa shape index (κ2) is 12.4. The van der Waals surface area contributed by atoms with Crippen LogP contribution in [0.5, 0.6) is 0 Å². The molecule has 0 fully saturated rings. The third-order valence-corrected chi connectivity index (χ3v) is 7.69. The molecule has 0 spiro atoms. The zero-order chi connectivity index (χ0) is 19.5. The minimum atomic E-state index is -1.66. The molecular formula is C20H47N3OSi. The van der Waals surface area contributed by atoms with E-state index in [0.29, 0.717) is 0 Å². The van der Waals surface area contributed by atoms with E-state index in [9.17, 15) is 0 Å². The SMILES string of the molecule is CCCN(C)CC(CN(C)CCC)(CN(C)CCC)C[Si](C)(C)OC. The van der Waals surface area contributed by atoms with Gasteiger partial charge in [-0.1, -0.05) is 20.8 Å². The van der Waals surface area contributed by atoms with Gasteiger partial charge in [0.1, 0.15) is 0 Å². The fourth-order valence-electron chi connectivity index (χ4n) is 4.39. The lowest BCUT2D eigenvalue weighted by Crippen LogP contribution is -2.54. The Morgan fingerprint density at radius 2 is 1.04 bits per heavy atom. The summed E-state index contributed by atoms with van der Waals surface area (Å²) in [5, 5.41) is 0. The molecule has 25 heavy (non-hydrogen) atoms.